The number of halogens is 2. The van der Waals surface area contributed by atoms with Crippen LogP contribution in [0.2, 0.25) is 5.02 Å². The van der Waals surface area contributed by atoms with Crippen LogP contribution in [0.1, 0.15) is 61.1 Å². The number of nitrogens with zero attached hydrogens (tertiary/aromatic N) is 2. The zero-order valence-electron chi connectivity index (χ0n) is 21.0. The van der Waals surface area contributed by atoms with Gasteiger partial charge in [0.25, 0.3) is 0 Å². The van der Waals surface area contributed by atoms with Crippen LogP contribution in [0, 0.1) is 5.82 Å². The van der Waals surface area contributed by atoms with Crippen molar-refractivity contribution in [3.8, 4) is 0 Å². The fourth-order valence-corrected chi connectivity index (χ4v) is 5.32. The topological polar surface area (TPSA) is 64.3 Å². The Bertz CT molecular complexity index is 1530. The average molecular weight is 531 g/mol. The van der Waals surface area contributed by atoms with E-state index in [0.717, 1.165) is 76.2 Å². The number of allylic oxidation sites excluding steroid dienone is 1. The van der Waals surface area contributed by atoms with Gasteiger partial charge in [0.15, 0.2) is 6.23 Å². The van der Waals surface area contributed by atoms with Gasteiger partial charge in [0.2, 0.25) is 0 Å². The van der Waals surface area contributed by atoms with Crippen LogP contribution >= 0.6 is 11.6 Å². The Morgan fingerprint density at radius 1 is 1.13 bits per heavy atom. The molecule has 0 spiro atoms. The van der Waals surface area contributed by atoms with E-state index in [4.69, 9.17) is 21.4 Å². The molecule has 3 aromatic carbocycles. The van der Waals surface area contributed by atoms with E-state index in [1.807, 2.05) is 35.1 Å². The predicted octanol–water partition coefficient (Wildman–Crippen LogP) is 7.99. The zero-order chi connectivity index (χ0) is 26.6. The Morgan fingerprint density at radius 3 is 2.61 bits per heavy atom. The first-order chi connectivity index (χ1) is 18.4. The first-order valence-electron chi connectivity index (χ1n) is 12.7. The maximum atomic E-state index is 13.9. The van der Waals surface area contributed by atoms with Gasteiger partial charge in [-0.25, -0.2) is 13.9 Å². The normalized spacial score (nSPS) is 16.7. The van der Waals surface area contributed by atoms with Gasteiger partial charge in [-0.3, -0.25) is 0 Å². The summed E-state index contributed by atoms with van der Waals surface area (Å²) in [5, 5.41) is 15.0. The number of carboxylic acids is 1. The monoisotopic (exact) mass is 530 g/mol. The van der Waals surface area contributed by atoms with Gasteiger partial charge < -0.3 is 9.84 Å². The molecule has 5 nitrogen and oxygen atoms in total. The third-order valence-electron chi connectivity index (χ3n) is 6.84. The average Bonchev–Trinajstić information content (AvgIpc) is 3.35. The summed E-state index contributed by atoms with van der Waals surface area (Å²) in [5.41, 5.74) is 6.42. The van der Waals surface area contributed by atoms with Gasteiger partial charge in [-0.2, -0.15) is 5.10 Å². The molecule has 1 saturated heterocycles. The molecule has 5 rings (SSSR count). The first-order valence-corrected chi connectivity index (χ1v) is 13.1. The van der Waals surface area contributed by atoms with E-state index in [1.54, 1.807) is 12.1 Å². The van der Waals surface area contributed by atoms with Crippen molar-refractivity contribution in [3.63, 3.8) is 0 Å². The molecule has 1 atom stereocenters. The number of hydrogen-bond acceptors (Lipinski definition) is 3. The predicted molar refractivity (Wildman–Crippen MR) is 149 cm³/mol. The van der Waals surface area contributed by atoms with Crippen LogP contribution in [0.5, 0.6) is 0 Å². The SMILES string of the molecule is CC/C(=C(/c1ccc(/C=C/C(=O)O)cc1)c1ccc2c(cnn2C2CCCCO2)c1)c1ccc(F)cc1Cl. The first kappa shape index (κ1) is 25.9. The van der Waals surface area contributed by atoms with Crippen molar-refractivity contribution in [1.82, 2.24) is 9.78 Å². The molecule has 2 heterocycles. The van der Waals surface area contributed by atoms with Crippen LogP contribution in [0.3, 0.4) is 0 Å². The molecule has 0 radical (unpaired) electrons. The number of hydrogen-bond donors (Lipinski definition) is 1. The summed E-state index contributed by atoms with van der Waals surface area (Å²) in [7, 11) is 0. The molecule has 1 aromatic heterocycles. The Labute approximate surface area is 225 Å². The van der Waals surface area contributed by atoms with Crippen molar-refractivity contribution in [3.05, 3.63) is 106 Å². The molecule has 1 N–H and O–H groups in total. The summed E-state index contributed by atoms with van der Waals surface area (Å²) in [6, 6.07) is 18.4. The van der Waals surface area contributed by atoms with Gasteiger partial charge in [-0.15, -0.1) is 0 Å². The van der Waals surface area contributed by atoms with Gasteiger partial charge >= 0.3 is 5.97 Å². The van der Waals surface area contributed by atoms with Crippen molar-refractivity contribution in [2.75, 3.05) is 6.61 Å². The summed E-state index contributed by atoms with van der Waals surface area (Å²) >= 11 is 6.54. The maximum absolute atomic E-state index is 13.9. The Morgan fingerprint density at radius 2 is 1.92 bits per heavy atom. The minimum Gasteiger partial charge on any atom is -0.478 e. The van der Waals surface area contributed by atoms with Gasteiger partial charge in [0.1, 0.15) is 5.82 Å². The molecule has 1 unspecified atom stereocenters. The molecule has 0 aliphatic carbocycles. The van der Waals surface area contributed by atoms with Crippen LogP contribution in [0.15, 0.2) is 72.9 Å². The Hall–Kier alpha value is -3.74. The largest absolute Gasteiger partial charge is 0.478 e. The van der Waals surface area contributed by atoms with Crippen molar-refractivity contribution < 1.29 is 19.0 Å². The molecule has 0 amide bonds. The fraction of sp³-hybridized carbons (Fsp3) is 0.226. The molecule has 7 heteroatoms. The summed E-state index contributed by atoms with van der Waals surface area (Å²) < 4.78 is 21.8. The summed E-state index contributed by atoms with van der Waals surface area (Å²) in [6.07, 6.45) is 8.27. The molecular formula is C31H28ClFN2O3. The van der Waals surface area contributed by atoms with Crippen LogP contribution in [0.25, 0.3) is 28.1 Å². The highest BCUT2D eigenvalue weighted by Gasteiger charge is 2.20. The lowest BCUT2D eigenvalue weighted by Crippen LogP contribution is -2.18. The number of benzene rings is 3. The molecule has 4 aromatic rings. The molecule has 38 heavy (non-hydrogen) atoms. The van der Waals surface area contributed by atoms with Crippen molar-refractivity contribution in [2.45, 2.75) is 38.8 Å². The van der Waals surface area contributed by atoms with E-state index in [0.29, 0.717) is 11.4 Å². The molecule has 194 valence electrons. The van der Waals surface area contributed by atoms with Crippen LogP contribution in [0.4, 0.5) is 4.39 Å². The summed E-state index contributed by atoms with van der Waals surface area (Å²) in [4.78, 5) is 10.9. The van der Waals surface area contributed by atoms with E-state index in [2.05, 4.69) is 30.2 Å². The second kappa shape index (κ2) is 11.3. The van der Waals surface area contributed by atoms with E-state index in [9.17, 15) is 9.18 Å². The minimum atomic E-state index is -0.999. The zero-order valence-corrected chi connectivity index (χ0v) is 21.8. The quantitative estimate of drug-likeness (QED) is 0.194. The lowest BCUT2D eigenvalue weighted by molar-refractivity contribution is -0.131. The van der Waals surface area contributed by atoms with Crippen molar-refractivity contribution in [2.24, 2.45) is 0 Å². The van der Waals surface area contributed by atoms with E-state index >= 15 is 0 Å². The highest BCUT2D eigenvalue weighted by Crippen LogP contribution is 2.38. The second-order valence-electron chi connectivity index (χ2n) is 9.31. The van der Waals surface area contributed by atoms with Crippen molar-refractivity contribution in [1.29, 1.82) is 0 Å². The number of ether oxygens (including phenoxy) is 1. The van der Waals surface area contributed by atoms with Crippen molar-refractivity contribution >= 4 is 45.7 Å². The lowest BCUT2D eigenvalue weighted by Gasteiger charge is -2.23. The fourth-order valence-electron chi connectivity index (χ4n) is 5.03. The maximum Gasteiger partial charge on any atom is 0.328 e. The molecule has 0 bridgehead atoms. The number of fused-ring (bicyclic) bond motifs is 1. The van der Waals surface area contributed by atoms with Crippen LogP contribution in [-0.2, 0) is 9.53 Å². The number of carboxylic acid groups (broad SMARTS) is 1. The van der Waals surface area contributed by atoms with Crippen LogP contribution in [-0.4, -0.2) is 27.5 Å². The van der Waals surface area contributed by atoms with Gasteiger partial charge in [0.05, 0.1) is 16.7 Å². The van der Waals surface area contributed by atoms with Gasteiger partial charge in [-0.05, 0) is 89.4 Å². The number of rotatable bonds is 7. The summed E-state index contributed by atoms with van der Waals surface area (Å²) in [6.45, 7) is 2.79. The molecular weight excluding hydrogens is 503 g/mol. The molecule has 0 saturated carbocycles. The van der Waals surface area contributed by atoms with Gasteiger partial charge in [-0.1, -0.05) is 54.9 Å². The van der Waals surface area contributed by atoms with Crippen LogP contribution < -0.4 is 0 Å². The van der Waals surface area contributed by atoms with E-state index in [1.165, 1.54) is 12.1 Å². The Kier molecular flexibility index (Phi) is 7.72. The highest BCUT2D eigenvalue weighted by molar-refractivity contribution is 6.32. The summed E-state index contributed by atoms with van der Waals surface area (Å²) in [5.74, 6) is -1.38. The second-order valence-corrected chi connectivity index (χ2v) is 9.72. The van der Waals surface area contributed by atoms with E-state index in [-0.39, 0.29) is 12.0 Å². The number of carbonyl (C=O) groups is 1. The molecule has 1 fully saturated rings. The highest BCUT2D eigenvalue weighted by atomic mass is 35.5. The number of aliphatic carboxylic acids is 1. The molecule has 1 aliphatic rings. The minimum absolute atomic E-state index is 0.0576. The number of aromatic nitrogens is 2. The smallest absolute Gasteiger partial charge is 0.328 e. The van der Waals surface area contributed by atoms with E-state index < -0.39 is 5.97 Å². The third-order valence-corrected chi connectivity index (χ3v) is 7.15. The lowest BCUT2D eigenvalue weighted by atomic mass is 9.87. The Balaban J connectivity index is 1.65. The third kappa shape index (κ3) is 5.42. The molecule has 1 aliphatic heterocycles. The van der Waals surface area contributed by atoms with Gasteiger partial charge in [0, 0.05) is 18.1 Å². The standard InChI is InChI=1S/C31H28ClFN2O3/c1-2-25(26-13-12-24(33)18-27(26)32)31(21-9-6-20(7-10-21)8-15-30(36)37)22-11-14-28-23(17-22)19-34-35(28)29-5-3-4-16-38-29/h6-15,17-19,29H,2-5,16H2,1H3,(H,36,37)/b15-8+,31-25+.